The smallest absolute Gasteiger partial charge is 0.267 e. The first-order valence-electron chi connectivity index (χ1n) is 9.29. The number of nitrogens with zero attached hydrogens (tertiary/aromatic N) is 2. The van der Waals surface area contributed by atoms with Crippen molar-refractivity contribution in [1.29, 1.82) is 0 Å². The average Bonchev–Trinajstić information content (AvgIpc) is 3.32. The number of benzene rings is 3. The van der Waals surface area contributed by atoms with Crippen LogP contribution < -0.4 is 4.90 Å². The number of carbonyl (C=O) groups is 2. The molecule has 11 heteroatoms. The molecule has 1 aliphatic rings. The Labute approximate surface area is 229 Å². The van der Waals surface area contributed by atoms with Gasteiger partial charge in [0.05, 0.1) is 27.0 Å². The van der Waals surface area contributed by atoms with E-state index < -0.39 is 11.8 Å². The zero-order valence-electron chi connectivity index (χ0n) is 16.2. The minimum absolute atomic E-state index is 0.261. The van der Waals surface area contributed by atoms with Crippen LogP contribution in [0.2, 0.25) is 0 Å². The molecule has 0 aliphatic carbocycles. The largest absolute Gasteiger partial charge is 0.268 e. The van der Waals surface area contributed by atoms with Crippen molar-refractivity contribution in [3.8, 4) is 0 Å². The van der Waals surface area contributed by atoms with Crippen LogP contribution in [-0.4, -0.2) is 16.8 Å². The predicted octanol–water partition coefficient (Wildman–Crippen LogP) is 8.58. The van der Waals surface area contributed by atoms with Crippen molar-refractivity contribution < 1.29 is 14.0 Å². The maximum absolute atomic E-state index is 13.2. The number of carbonyl (C=O) groups excluding carboxylic acids is 2. The van der Waals surface area contributed by atoms with Crippen LogP contribution in [0.25, 0.3) is 10.2 Å². The topological polar surface area (TPSA) is 50.3 Å². The van der Waals surface area contributed by atoms with Gasteiger partial charge in [-0.05, 0) is 99.6 Å². The number of hydrogen-bond acceptors (Lipinski definition) is 5. The van der Waals surface area contributed by atoms with Crippen molar-refractivity contribution in [3.05, 3.63) is 82.9 Å². The Bertz CT molecular complexity index is 1430. The molecule has 33 heavy (non-hydrogen) atoms. The van der Waals surface area contributed by atoms with Gasteiger partial charge in [-0.1, -0.05) is 23.9 Å². The molecule has 4 nitrogen and oxygen atoms in total. The zero-order valence-corrected chi connectivity index (χ0v) is 24.1. The van der Waals surface area contributed by atoms with Gasteiger partial charge in [0, 0.05) is 23.6 Å². The first-order valence-corrected chi connectivity index (χ1v) is 14.3. The van der Waals surface area contributed by atoms with Gasteiger partial charge in [-0.2, -0.15) is 0 Å². The second kappa shape index (κ2) is 9.16. The molecule has 4 aromatic rings. The fourth-order valence-corrected chi connectivity index (χ4v) is 7.92. The van der Waals surface area contributed by atoms with Gasteiger partial charge in [0.15, 0.2) is 4.34 Å². The molecule has 0 unspecified atom stereocenters. The summed E-state index contributed by atoms with van der Waals surface area (Å²) in [5.74, 6) is -0.392. The average molecular weight is 736 g/mol. The Morgan fingerprint density at radius 2 is 1.48 bits per heavy atom. The molecule has 0 fully saturated rings. The minimum Gasteiger partial charge on any atom is -0.268 e. The van der Waals surface area contributed by atoms with Crippen LogP contribution in [0.1, 0.15) is 26.3 Å². The summed E-state index contributed by atoms with van der Waals surface area (Å²) in [7, 11) is 0. The second-order valence-electron chi connectivity index (χ2n) is 7.00. The molecule has 1 aliphatic heterocycles. The Morgan fingerprint density at radius 1 is 0.879 bits per heavy atom. The van der Waals surface area contributed by atoms with E-state index in [1.54, 1.807) is 30.0 Å². The zero-order chi connectivity index (χ0) is 23.4. The number of halogens is 5. The summed E-state index contributed by atoms with van der Waals surface area (Å²) >= 11 is 16.8. The number of thiazole rings is 1. The van der Waals surface area contributed by atoms with E-state index in [4.69, 9.17) is 0 Å². The number of anilines is 1. The van der Waals surface area contributed by atoms with Crippen LogP contribution >= 0.6 is 86.8 Å². The molecule has 2 heterocycles. The van der Waals surface area contributed by atoms with E-state index in [9.17, 15) is 14.0 Å². The summed E-state index contributed by atoms with van der Waals surface area (Å²) in [6, 6.07) is 11.7. The quantitative estimate of drug-likeness (QED) is 0.0913. The fraction of sp³-hybridized carbons (Fsp3) is 0.0455. The number of amides is 2. The van der Waals surface area contributed by atoms with E-state index in [2.05, 4.69) is 68.7 Å². The predicted molar refractivity (Wildman–Crippen MR) is 144 cm³/mol. The lowest BCUT2D eigenvalue weighted by atomic mass is 10.1. The highest BCUT2D eigenvalue weighted by Crippen LogP contribution is 2.46. The maximum atomic E-state index is 13.2. The summed E-state index contributed by atoms with van der Waals surface area (Å²) in [4.78, 5) is 32.3. The van der Waals surface area contributed by atoms with Crippen molar-refractivity contribution in [2.45, 2.75) is 10.1 Å². The Morgan fingerprint density at radius 3 is 2.09 bits per heavy atom. The van der Waals surface area contributed by atoms with Crippen LogP contribution in [0.3, 0.4) is 0 Å². The van der Waals surface area contributed by atoms with E-state index in [1.807, 2.05) is 12.1 Å². The van der Waals surface area contributed by atoms with Gasteiger partial charge in [0.1, 0.15) is 5.82 Å². The highest BCUT2D eigenvalue weighted by molar-refractivity contribution is 9.15. The van der Waals surface area contributed by atoms with Crippen molar-refractivity contribution in [3.63, 3.8) is 0 Å². The lowest BCUT2D eigenvalue weighted by molar-refractivity contribution is 0.0926. The van der Waals surface area contributed by atoms with Gasteiger partial charge in [0.2, 0.25) is 0 Å². The normalized spacial score (nSPS) is 13.3. The molecule has 166 valence electrons. The Hall–Kier alpha value is -1.11. The number of imide groups is 1. The van der Waals surface area contributed by atoms with E-state index in [0.29, 0.717) is 40.5 Å². The van der Waals surface area contributed by atoms with Crippen molar-refractivity contribution in [1.82, 2.24) is 4.98 Å². The molecular formula is C22H9Br4FN2O2S2. The number of fused-ring (bicyclic) bond motifs is 2. The third kappa shape index (κ3) is 4.14. The summed E-state index contributed by atoms with van der Waals surface area (Å²) in [5, 5.41) is 0. The molecule has 2 amide bonds. The van der Waals surface area contributed by atoms with Crippen molar-refractivity contribution in [2.75, 3.05) is 4.90 Å². The molecular weight excluding hydrogens is 727 g/mol. The van der Waals surface area contributed by atoms with Gasteiger partial charge in [-0.25, -0.2) is 14.3 Å². The van der Waals surface area contributed by atoms with Crippen LogP contribution in [0, 0.1) is 5.82 Å². The van der Waals surface area contributed by atoms with E-state index >= 15 is 0 Å². The number of hydrogen-bond donors (Lipinski definition) is 0. The van der Waals surface area contributed by atoms with Gasteiger partial charge in [0.25, 0.3) is 11.8 Å². The second-order valence-corrected chi connectivity index (χ2v) is 12.4. The standard InChI is InChI=1S/C22H9Br4FN2O2S2/c23-16-14-15(17(24)19(26)18(16)25)21(31)29(20(14)30)11-5-6-12-13(7-11)33-22(28-12)32-8-9-1-3-10(27)4-2-9/h1-7H,8H2. The molecule has 0 radical (unpaired) electrons. The lowest BCUT2D eigenvalue weighted by Crippen LogP contribution is -2.29. The number of thioether (sulfide) groups is 1. The Balaban J connectivity index is 1.46. The van der Waals surface area contributed by atoms with E-state index in [0.717, 1.165) is 20.1 Å². The molecule has 0 saturated carbocycles. The molecule has 0 bridgehead atoms. The van der Waals surface area contributed by atoms with Crippen LogP contribution in [0.4, 0.5) is 10.1 Å². The number of aromatic nitrogens is 1. The fourth-order valence-electron chi connectivity index (χ4n) is 3.40. The Kier molecular flexibility index (Phi) is 6.56. The SMILES string of the molecule is O=C1c2c(Br)c(Br)c(Br)c(Br)c2C(=O)N1c1ccc2nc(SCc3ccc(F)cc3)sc2c1. The van der Waals surface area contributed by atoms with Crippen molar-refractivity contribution in [2.24, 2.45) is 0 Å². The molecule has 1 aromatic heterocycles. The summed E-state index contributed by atoms with van der Waals surface area (Å²) in [5.41, 5.74) is 2.89. The monoisotopic (exact) mass is 732 g/mol. The van der Waals surface area contributed by atoms with Gasteiger partial charge in [-0.3, -0.25) is 9.59 Å². The molecule has 5 rings (SSSR count). The van der Waals surface area contributed by atoms with E-state index in [1.165, 1.54) is 28.4 Å². The van der Waals surface area contributed by atoms with Gasteiger partial charge >= 0.3 is 0 Å². The maximum Gasteiger partial charge on any atom is 0.267 e. The van der Waals surface area contributed by atoms with Gasteiger partial charge < -0.3 is 0 Å². The molecule has 0 N–H and O–H groups in total. The lowest BCUT2D eigenvalue weighted by Gasteiger charge is -2.13. The highest BCUT2D eigenvalue weighted by atomic mass is 79.9. The van der Waals surface area contributed by atoms with Crippen molar-refractivity contribution >= 4 is 115 Å². The molecule has 3 aromatic carbocycles. The third-order valence-electron chi connectivity index (χ3n) is 4.99. The summed E-state index contributed by atoms with van der Waals surface area (Å²) < 4.78 is 17.2. The first-order chi connectivity index (χ1) is 15.8. The highest BCUT2D eigenvalue weighted by Gasteiger charge is 2.42. The van der Waals surface area contributed by atoms with Crippen LogP contribution in [-0.2, 0) is 5.75 Å². The molecule has 0 saturated heterocycles. The van der Waals surface area contributed by atoms with E-state index in [-0.39, 0.29) is 5.82 Å². The molecule has 0 spiro atoms. The van der Waals surface area contributed by atoms with Crippen LogP contribution in [0.15, 0.2) is 64.7 Å². The van der Waals surface area contributed by atoms with Crippen LogP contribution in [0.5, 0.6) is 0 Å². The summed E-state index contributed by atoms with van der Waals surface area (Å²) in [6.45, 7) is 0. The first kappa shape index (κ1) is 23.6. The number of rotatable bonds is 4. The summed E-state index contributed by atoms with van der Waals surface area (Å²) in [6.07, 6.45) is 0. The molecule has 0 atom stereocenters. The third-order valence-corrected chi connectivity index (χ3v) is 12.0. The van der Waals surface area contributed by atoms with Gasteiger partial charge in [-0.15, -0.1) is 11.3 Å². The minimum atomic E-state index is -0.398.